The third-order valence-electron chi connectivity index (χ3n) is 3.60. The minimum atomic E-state index is -0.564. The maximum atomic E-state index is 11.3. The minimum Gasteiger partial charge on any atom is -0.379 e. The second kappa shape index (κ2) is 6.93. The number of hydrogen-bond donors (Lipinski definition) is 2. The minimum absolute atomic E-state index is 0.272. The normalized spacial score (nSPS) is 21.1. The molecule has 5 nitrogen and oxygen atoms in total. The van der Waals surface area contributed by atoms with Crippen LogP contribution in [-0.4, -0.2) is 56.2 Å². The number of morpholine rings is 1. The monoisotopic (exact) mass is 243 g/mol. The Labute approximate surface area is 104 Å². The van der Waals surface area contributed by atoms with Gasteiger partial charge in [-0.15, -0.1) is 0 Å². The summed E-state index contributed by atoms with van der Waals surface area (Å²) in [5, 5.41) is 3.01. The van der Waals surface area contributed by atoms with Gasteiger partial charge in [-0.1, -0.05) is 0 Å². The van der Waals surface area contributed by atoms with Gasteiger partial charge in [-0.2, -0.15) is 0 Å². The molecule has 3 N–H and O–H groups in total. The van der Waals surface area contributed by atoms with Crippen LogP contribution in [0.2, 0.25) is 0 Å². The van der Waals surface area contributed by atoms with Gasteiger partial charge in [0, 0.05) is 13.1 Å². The maximum absolute atomic E-state index is 11.3. The van der Waals surface area contributed by atoms with Gasteiger partial charge in [-0.25, -0.2) is 0 Å². The number of carbonyl (C=O) groups is 1. The predicted octanol–water partition coefficient (Wildman–Crippen LogP) is -0.0477. The molecular weight excluding hydrogens is 218 g/mol. The van der Waals surface area contributed by atoms with Crippen LogP contribution in [0.25, 0.3) is 0 Å². The molecule has 0 aromatic heterocycles. The first-order valence-electron chi connectivity index (χ1n) is 6.37. The van der Waals surface area contributed by atoms with Crippen molar-refractivity contribution in [2.24, 2.45) is 5.73 Å². The Morgan fingerprint density at radius 2 is 2.06 bits per heavy atom. The van der Waals surface area contributed by atoms with Crippen molar-refractivity contribution in [2.75, 3.05) is 39.9 Å². The summed E-state index contributed by atoms with van der Waals surface area (Å²) in [7, 11) is 1.78. The molecular formula is C12H25N3O2. The van der Waals surface area contributed by atoms with E-state index in [0.717, 1.165) is 52.1 Å². The lowest BCUT2D eigenvalue weighted by molar-refractivity contribution is -0.123. The maximum Gasteiger partial charge on any atom is 0.237 e. The molecule has 1 atom stereocenters. The van der Waals surface area contributed by atoms with Gasteiger partial charge < -0.3 is 15.8 Å². The molecule has 0 aromatic carbocycles. The van der Waals surface area contributed by atoms with Gasteiger partial charge in [0.1, 0.15) is 0 Å². The number of rotatable bonds is 7. The summed E-state index contributed by atoms with van der Waals surface area (Å²) in [6, 6.07) is 0. The molecule has 0 spiro atoms. The van der Waals surface area contributed by atoms with E-state index in [4.69, 9.17) is 10.5 Å². The number of ether oxygens (including phenoxy) is 1. The molecule has 0 radical (unpaired) electrons. The molecule has 0 bridgehead atoms. The zero-order valence-corrected chi connectivity index (χ0v) is 11.0. The van der Waals surface area contributed by atoms with Crippen molar-refractivity contribution in [3.8, 4) is 0 Å². The molecule has 1 unspecified atom stereocenters. The van der Waals surface area contributed by atoms with Gasteiger partial charge in [-0.05, 0) is 39.8 Å². The largest absolute Gasteiger partial charge is 0.379 e. The molecule has 0 aliphatic carbocycles. The summed E-state index contributed by atoms with van der Waals surface area (Å²) in [5.41, 5.74) is 4.81. The molecule has 1 aliphatic heterocycles. The molecule has 5 heteroatoms. The Morgan fingerprint density at radius 3 is 2.59 bits per heavy atom. The summed E-state index contributed by atoms with van der Waals surface area (Å²) in [4.78, 5) is 13.7. The van der Waals surface area contributed by atoms with Gasteiger partial charge in [0.05, 0.1) is 18.8 Å². The molecule has 1 rings (SSSR count). The number of likely N-dealkylation sites (N-methyl/N-ethyl adjacent to an activating group) is 1. The van der Waals surface area contributed by atoms with Crippen LogP contribution in [0, 0.1) is 0 Å². The molecule has 100 valence electrons. The molecule has 1 fully saturated rings. The van der Waals surface area contributed by atoms with Crippen molar-refractivity contribution < 1.29 is 9.53 Å². The molecule has 1 amide bonds. The Bertz CT molecular complexity index is 242. The Balaban J connectivity index is 2.16. The van der Waals surface area contributed by atoms with E-state index in [9.17, 15) is 4.79 Å². The van der Waals surface area contributed by atoms with Crippen LogP contribution in [0.5, 0.6) is 0 Å². The highest BCUT2D eigenvalue weighted by Crippen LogP contribution is 2.13. The number of hydrogen-bond acceptors (Lipinski definition) is 4. The van der Waals surface area contributed by atoms with Crippen LogP contribution in [0.1, 0.15) is 26.2 Å². The highest BCUT2D eigenvalue weighted by atomic mass is 16.5. The molecule has 0 saturated carbocycles. The van der Waals surface area contributed by atoms with E-state index in [2.05, 4.69) is 10.2 Å². The topological polar surface area (TPSA) is 67.6 Å². The number of nitrogens with one attached hydrogen (secondary N) is 1. The fourth-order valence-electron chi connectivity index (χ4n) is 2.01. The van der Waals surface area contributed by atoms with Gasteiger partial charge in [0.25, 0.3) is 0 Å². The fraction of sp³-hybridized carbons (Fsp3) is 0.917. The van der Waals surface area contributed by atoms with Gasteiger partial charge in [-0.3, -0.25) is 9.69 Å². The quantitative estimate of drug-likeness (QED) is 0.615. The first-order valence-corrected chi connectivity index (χ1v) is 6.37. The van der Waals surface area contributed by atoms with Crippen LogP contribution in [-0.2, 0) is 9.53 Å². The number of nitrogens with zero attached hydrogens (tertiary/aromatic N) is 1. The molecule has 0 aromatic rings. The summed E-state index contributed by atoms with van der Waals surface area (Å²) in [6.07, 6.45) is 2.91. The lowest BCUT2D eigenvalue weighted by Gasteiger charge is -2.28. The van der Waals surface area contributed by atoms with Crippen molar-refractivity contribution in [3.63, 3.8) is 0 Å². The van der Waals surface area contributed by atoms with Crippen molar-refractivity contribution in [1.29, 1.82) is 0 Å². The van der Waals surface area contributed by atoms with Crippen molar-refractivity contribution in [1.82, 2.24) is 10.2 Å². The standard InChI is InChI=1S/C12H25N3O2/c1-12(14-2,11(13)16)5-3-4-6-15-7-9-17-10-8-15/h14H,3-10H2,1-2H3,(H2,13,16). The van der Waals surface area contributed by atoms with E-state index >= 15 is 0 Å². The van der Waals surface area contributed by atoms with Gasteiger partial charge >= 0.3 is 0 Å². The van der Waals surface area contributed by atoms with E-state index < -0.39 is 5.54 Å². The summed E-state index contributed by atoms with van der Waals surface area (Å²) in [5.74, 6) is -0.272. The van der Waals surface area contributed by atoms with Gasteiger partial charge in [0.15, 0.2) is 0 Å². The smallest absolute Gasteiger partial charge is 0.237 e. The molecule has 1 saturated heterocycles. The zero-order chi connectivity index (χ0) is 12.7. The Kier molecular flexibility index (Phi) is 5.88. The van der Waals surface area contributed by atoms with Gasteiger partial charge in [0.2, 0.25) is 5.91 Å². The predicted molar refractivity (Wildman–Crippen MR) is 67.8 cm³/mol. The molecule has 17 heavy (non-hydrogen) atoms. The first-order chi connectivity index (χ1) is 8.08. The van der Waals surface area contributed by atoms with E-state index in [1.807, 2.05) is 6.92 Å². The number of primary amides is 1. The summed E-state index contributed by atoms with van der Waals surface area (Å²) >= 11 is 0. The second-order valence-electron chi connectivity index (χ2n) is 4.86. The van der Waals surface area contributed by atoms with Crippen LogP contribution in [0.4, 0.5) is 0 Å². The Hall–Kier alpha value is -0.650. The van der Waals surface area contributed by atoms with E-state index in [1.54, 1.807) is 7.05 Å². The summed E-state index contributed by atoms with van der Waals surface area (Å²) in [6.45, 7) is 6.69. The first kappa shape index (κ1) is 14.4. The number of carbonyl (C=O) groups excluding carboxylic acids is 1. The summed E-state index contributed by atoms with van der Waals surface area (Å²) < 4.78 is 5.30. The highest BCUT2D eigenvalue weighted by Gasteiger charge is 2.27. The average Bonchev–Trinajstić information content (AvgIpc) is 2.35. The van der Waals surface area contributed by atoms with Crippen molar-refractivity contribution >= 4 is 5.91 Å². The lowest BCUT2D eigenvalue weighted by Crippen LogP contribution is -2.51. The van der Waals surface area contributed by atoms with Crippen LogP contribution < -0.4 is 11.1 Å². The average molecular weight is 243 g/mol. The Morgan fingerprint density at radius 1 is 1.41 bits per heavy atom. The highest BCUT2D eigenvalue weighted by molar-refractivity contribution is 5.84. The van der Waals surface area contributed by atoms with E-state index in [1.165, 1.54) is 0 Å². The fourth-order valence-corrected chi connectivity index (χ4v) is 2.01. The third kappa shape index (κ3) is 4.61. The van der Waals surface area contributed by atoms with Crippen LogP contribution in [0.15, 0.2) is 0 Å². The molecule has 1 aliphatic rings. The van der Waals surface area contributed by atoms with E-state index in [0.29, 0.717) is 0 Å². The third-order valence-corrected chi connectivity index (χ3v) is 3.60. The number of unbranched alkanes of at least 4 members (excludes halogenated alkanes) is 1. The second-order valence-corrected chi connectivity index (χ2v) is 4.86. The molecule has 1 heterocycles. The van der Waals surface area contributed by atoms with Crippen molar-refractivity contribution in [2.45, 2.75) is 31.7 Å². The van der Waals surface area contributed by atoms with Crippen molar-refractivity contribution in [3.05, 3.63) is 0 Å². The van der Waals surface area contributed by atoms with E-state index in [-0.39, 0.29) is 5.91 Å². The number of nitrogens with two attached hydrogens (primary N) is 1. The lowest BCUT2D eigenvalue weighted by atomic mass is 9.94. The zero-order valence-electron chi connectivity index (χ0n) is 11.0. The number of amides is 1. The van der Waals surface area contributed by atoms with Crippen LogP contribution >= 0.6 is 0 Å². The van der Waals surface area contributed by atoms with Crippen LogP contribution in [0.3, 0.4) is 0 Å². The SMILES string of the molecule is CNC(C)(CCCCN1CCOCC1)C(N)=O.